The summed E-state index contributed by atoms with van der Waals surface area (Å²) in [4.78, 5) is 21.7. The van der Waals surface area contributed by atoms with Crippen molar-refractivity contribution in [3.8, 4) is 0 Å². The molecular formula is C7H12N2O2. The number of nitrogens with one attached hydrogen (secondary N) is 1. The molecule has 2 amide bonds. The van der Waals surface area contributed by atoms with Crippen LogP contribution < -0.4 is 11.1 Å². The number of rotatable bonds is 1. The van der Waals surface area contributed by atoms with E-state index in [2.05, 4.69) is 5.32 Å². The second-order valence-corrected chi connectivity index (χ2v) is 3.52. The lowest BCUT2D eigenvalue weighted by Crippen LogP contribution is -2.38. The molecule has 1 aliphatic rings. The van der Waals surface area contributed by atoms with Gasteiger partial charge in [0.25, 0.3) is 0 Å². The standard InChI is InChI=1S/C7H12N2O2/c1-7(2)3-4(5(8)10)9-6(7)11/h4H,3H2,1-2H3,(H2,8,10)(H,9,11). The number of amides is 2. The van der Waals surface area contributed by atoms with Gasteiger partial charge in [0.15, 0.2) is 0 Å². The Morgan fingerprint density at radius 3 is 2.45 bits per heavy atom. The zero-order valence-electron chi connectivity index (χ0n) is 6.68. The number of hydrogen-bond acceptors (Lipinski definition) is 2. The maximum absolute atomic E-state index is 11.1. The predicted octanol–water partition coefficient (Wildman–Crippen LogP) is -0.614. The Morgan fingerprint density at radius 2 is 2.27 bits per heavy atom. The van der Waals surface area contributed by atoms with Crippen molar-refractivity contribution in [3.63, 3.8) is 0 Å². The number of carbonyl (C=O) groups excluding carboxylic acids is 2. The van der Waals surface area contributed by atoms with Crippen molar-refractivity contribution in [3.05, 3.63) is 0 Å². The van der Waals surface area contributed by atoms with Crippen LogP contribution >= 0.6 is 0 Å². The average molecular weight is 156 g/mol. The van der Waals surface area contributed by atoms with Gasteiger partial charge in [-0.25, -0.2) is 0 Å². The number of primary amides is 1. The van der Waals surface area contributed by atoms with Crippen LogP contribution in [-0.4, -0.2) is 17.9 Å². The highest BCUT2D eigenvalue weighted by Gasteiger charge is 2.40. The van der Waals surface area contributed by atoms with Crippen LogP contribution in [0.25, 0.3) is 0 Å². The van der Waals surface area contributed by atoms with Crippen LogP contribution in [0.1, 0.15) is 20.3 Å². The Bertz CT molecular complexity index is 210. The Kier molecular flexibility index (Phi) is 1.62. The van der Waals surface area contributed by atoms with Gasteiger partial charge in [0, 0.05) is 5.41 Å². The van der Waals surface area contributed by atoms with Gasteiger partial charge < -0.3 is 11.1 Å². The first-order valence-electron chi connectivity index (χ1n) is 3.54. The third-order valence-electron chi connectivity index (χ3n) is 1.98. The Morgan fingerprint density at radius 1 is 1.73 bits per heavy atom. The number of hydrogen-bond donors (Lipinski definition) is 2. The van der Waals surface area contributed by atoms with Gasteiger partial charge in [-0.05, 0) is 6.42 Å². The molecule has 0 bridgehead atoms. The van der Waals surface area contributed by atoms with Gasteiger partial charge in [0.05, 0.1) is 0 Å². The quantitative estimate of drug-likeness (QED) is 0.531. The first kappa shape index (κ1) is 8.04. The summed E-state index contributed by atoms with van der Waals surface area (Å²) in [6.07, 6.45) is 0.501. The van der Waals surface area contributed by atoms with Gasteiger partial charge >= 0.3 is 0 Å². The molecule has 1 saturated heterocycles. The highest BCUT2D eigenvalue weighted by molar-refractivity contribution is 5.93. The van der Waals surface area contributed by atoms with Crippen LogP contribution in [0.2, 0.25) is 0 Å². The zero-order valence-corrected chi connectivity index (χ0v) is 6.68. The predicted molar refractivity (Wildman–Crippen MR) is 39.5 cm³/mol. The van der Waals surface area contributed by atoms with Crippen molar-refractivity contribution in [2.75, 3.05) is 0 Å². The van der Waals surface area contributed by atoms with Crippen LogP contribution in [0.15, 0.2) is 0 Å². The van der Waals surface area contributed by atoms with Gasteiger partial charge in [-0.1, -0.05) is 13.8 Å². The van der Waals surface area contributed by atoms with E-state index in [9.17, 15) is 9.59 Å². The van der Waals surface area contributed by atoms with Crippen molar-refractivity contribution in [2.24, 2.45) is 11.1 Å². The highest BCUT2D eigenvalue weighted by atomic mass is 16.2. The molecule has 4 nitrogen and oxygen atoms in total. The van der Waals surface area contributed by atoms with Crippen molar-refractivity contribution in [1.29, 1.82) is 0 Å². The minimum Gasteiger partial charge on any atom is -0.368 e. The van der Waals surface area contributed by atoms with Gasteiger partial charge in [0.2, 0.25) is 11.8 Å². The SMILES string of the molecule is CC1(C)CC(C(N)=O)NC1=O. The van der Waals surface area contributed by atoms with Crippen molar-refractivity contribution in [2.45, 2.75) is 26.3 Å². The van der Waals surface area contributed by atoms with Crippen molar-refractivity contribution >= 4 is 11.8 Å². The van der Waals surface area contributed by atoms with E-state index in [4.69, 9.17) is 5.73 Å². The Labute approximate surface area is 65.1 Å². The van der Waals surface area contributed by atoms with E-state index in [1.54, 1.807) is 13.8 Å². The van der Waals surface area contributed by atoms with Gasteiger partial charge in [-0.3, -0.25) is 9.59 Å². The number of carbonyl (C=O) groups is 2. The van der Waals surface area contributed by atoms with Crippen LogP contribution in [-0.2, 0) is 9.59 Å². The summed E-state index contributed by atoms with van der Waals surface area (Å²) in [5.74, 6) is -0.551. The molecule has 1 atom stereocenters. The summed E-state index contributed by atoms with van der Waals surface area (Å²) in [6, 6.07) is -0.475. The highest BCUT2D eigenvalue weighted by Crippen LogP contribution is 2.28. The molecule has 1 aliphatic heterocycles. The third-order valence-corrected chi connectivity index (χ3v) is 1.98. The normalized spacial score (nSPS) is 28.2. The van der Waals surface area contributed by atoms with Gasteiger partial charge in [-0.15, -0.1) is 0 Å². The summed E-state index contributed by atoms with van der Waals surface area (Å²) in [5.41, 5.74) is 4.58. The van der Waals surface area contributed by atoms with Crippen LogP contribution in [0.3, 0.4) is 0 Å². The first-order chi connectivity index (χ1) is 4.93. The first-order valence-corrected chi connectivity index (χ1v) is 3.54. The van der Waals surface area contributed by atoms with Gasteiger partial charge in [-0.2, -0.15) is 0 Å². The molecule has 0 saturated carbocycles. The Hall–Kier alpha value is -1.06. The van der Waals surface area contributed by atoms with E-state index in [0.29, 0.717) is 6.42 Å². The topological polar surface area (TPSA) is 72.2 Å². The summed E-state index contributed by atoms with van der Waals surface area (Å²) < 4.78 is 0. The van der Waals surface area contributed by atoms with Crippen LogP contribution in [0, 0.1) is 5.41 Å². The number of nitrogens with two attached hydrogens (primary N) is 1. The monoisotopic (exact) mass is 156 g/mol. The fourth-order valence-corrected chi connectivity index (χ4v) is 1.18. The van der Waals surface area contributed by atoms with E-state index in [-0.39, 0.29) is 5.91 Å². The summed E-state index contributed by atoms with van der Waals surface area (Å²) in [6.45, 7) is 3.59. The molecular weight excluding hydrogens is 144 g/mol. The molecule has 0 aromatic heterocycles. The molecule has 0 radical (unpaired) electrons. The maximum atomic E-state index is 11.1. The van der Waals surface area contributed by atoms with E-state index in [1.165, 1.54) is 0 Å². The fraction of sp³-hybridized carbons (Fsp3) is 0.714. The molecule has 0 aromatic carbocycles. The average Bonchev–Trinajstić information content (AvgIpc) is 2.08. The summed E-state index contributed by atoms with van der Waals surface area (Å²) in [7, 11) is 0. The molecule has 1 heterocycles. The zero-order chi connectivity index (χ0) is 8.65. The summed E-state index contributed by atoms with van der Waals surface area (Å²) in [5, 5.41) is 2.53. The third kappa shape index (κ3) is 1.34. The molecule has 0 aliphatic carbocycles. The van der Waals surface area contributed by atoms with Gasteiger partial charge in [0.1, 0.15) is 6.04 Å². The minimum absolute atomic E-state index is 0.0960. The fourth-order valence-electron chi connectivity index (χ4n) is 1.18. The lowest BCUT2D eigenvalue weighted by Gasteiger charge is -2.11. The van der Waals surface area contributed by atoms with E-state index in [0.717, 1.165) is 0 Å². The second kappa shape index (κ2) is 2.22. The maximum Gasteiger partial charge on any atom is 0.240 e. The van der Waals surface area contributed by atoms with Crippen LogP contribution in [0.5, 0.6) is 0 Å². The molecule has 0 spiro atoms. The summed E-state index contributed by atoms with van der Waals surface area (Å²) >= 11 is 0. The smallest absolute Gasteiger partial charge is 0.240 e. The van der Waals surface area contributed by atoms with Crippen LogP contribution in [0.4, 0.5) is 0 Å². The molecule has 1 unspecified atom stereocenters. The minimum atomic E-state index is -0.475. The molecule has 11 heavy (non-hydrogen) atoms. The lowest BCUT2D eigenvalue weighted by atomic mass is 9.90. The molecule has 0 aromatic rings. The van der Waals surface area contributed by atoms with E-state index >= 15 is 0 Å². The largest absolute Gasteiger partial charge is 0.368 e. The van der Waals surface area contributed by atoms with E-state index in [1.807, 2.05) is 0 Å². The molecule has 1 rings (SSSR count). The Balaban J connectivity index is 2.72. The van der Waals surface area contributed by atoms with Crippen molar-refractivity contribution in [1.82, 2.24) is 5.32 Å². The molecule has 62 valence electrons. The molecule has 4 heteroatoms. The second-order valence-electron chi connectivity index (χ2n) is 3.52. The lowest BCUT2D eigenvalue weighted by molar-refractivity contribution is -0.127. The molecule has 1 fully saturated rings. The van der Waals surface area contributed by atoms with Crippen molar-refractivity contribution < 1.29 is 9.59 Å². The molecule has 3 N–H and O–H groups in total. The van der Waals surface area contributed by atoms with E-state index < -0.39 is 17.4 Å².